The van der Waals surface area contributed by atoms with E-state index in [1.165, 1.54) is 0 Å². The van der Waals surface area contributed by atoms with Gasteiger partial charge in [-0.25, -0.2) is 0 Å². The first-order chi connectivity index (χ1) is 17.9. The van der Waals surface area contributed by atoms with Gasteiger partial charge in [-0.3, -0.25) is 9.59 Å². The summed E-state index contributed by atoms with van der Waals surface area (Å²) in [5.74, 6) is -0.238. The van der Waals surface area contributed by atoms with Gasteiger partial charge in [0.15, 0.2) is 0 Å². The summed E-state index contributed by atoms with van der Waals surface area (Å²) in [5, 5.41) is 11.4. The number of carbonyl (C=O) groups is 2. The number of rotatable bonds is 13. The van der Waals surface area contributed by atoms with Gasteiger partial charge in [-0.2, -0.15) is 0 Å². The Labute approximate surface area is 219 Å². The summed E-state index contributed by atoms with van der Waals surface area (Å²) in [5.41, 5.74) is 1.99. The zero-order chi connectivity index (χ0) is 26.9. The molecule has 0 radical (unpaired) electrons. The van der Waals surface area contributed by atoms with Crippen molar-refractivity contribution >= 4 is 17.4 Å². The number of aliphatic hydroxyl groups is 1. The third kappa shape index (κ3) is 6.30. The third-order valence-corrected chi connectivity index (χ3v) is 6.48. The van der Waals surface area contributed by atoms with Crippen molar-refractivity contribution in [2.75, 3.05) is 39.4 Å². The Balaban J connectivity index is 2.07. The van der Waals surface area contributed by atoms with Gasteiger partial charge in [0.1, 0.15) is 30.5 Å². The van der Waals surface area contributed by atoms with Crippen LogP contribution in [0.3, 0.4) is 0 Å². The Hall–Kier alpha value is -3.84. The first-order valence-electron chi connectivity index (χ1n) is 12.5. The summed E-state index contributed by atoms with van der Waals surface area (Å²) in [6.07, 6.45) is 3.31. The number of hydrogen-bond donors (Lipinski definition) is 1. The molecule has 1 aliphatic rings. The zero-order valence-corrected chi connectivity index (χ0v) is 21.9. The second kappa shape index (κ2) is 12.9. The lowest BCUT2D eigenvalue weighted by molar-refractivity contribution is -0.140. The lowest BCUT2D eigenvalue weighted by Crippen LogP contribution is -2.38. The summed E-state index contributed by atoms with van der Waals surface area (Å²) >= 11 is 0. The number of Topliss-reactive ketones (excluding diaryl/α,β-unsaturated/α-hetero) is 1. The number of amides is 1. The molecule has 0 saturated carbocycles. The van der Waals surface area contributed by atoms with Crippen LogP contribution in [0.15, 0.2) is 73.3 Å². The van der Waals surface area contributed by atoms with Gasteiger partial charge in [-0.15, -0.1) is 0 Å². The Morgan fingerprint density at radius 1 is 1.00 bits per heavy atom. The molecule has 7 nitrogen and oxygen atoms in total. The van der Waals surface area contributed by atoms with E-state index in [1.54, 1.807) is 47.4 Å². The molecule has 0 aliphatic carbocycles. The highest BCUT2D eigenvalue weighted by Gasteiger charge is 2.46. The van der Waals surface area contributed by atoms with E-state index in [2.05, 4.69) is 31.9 Å². The second-order valence-corrected chi connectivity index (χ2v) is 8.76. The summed E-state index contributed by atoms with van der Waals surface area (Å²) in [4.78, 5) is 30.3. The molecule has 1 unspecified atom stereocenters. The number of benzene rings is 2. The van der Waals surface area contributed by atoms with Crippen LogP contribution < -0.4 is 9.47 Å². The summed E-state index contributed by atoms with van der Waals surface area (Å²) in [6, 6.07) is 11.7. The number of hydrogen-bond acceptors (Lipinski definition) is 6. The predicted octanol–water partition coefficient (Wildman–Crippen LogP) is 4.89. The fourth-order valence-corrected chi connectivity index (χ4v) is 4.44. The number of aliphatic hydroxyl groups excluding tert-OH is 1. The van der Waals surface area contributed by atoms with Gasteiger partial charge in [0.25, 0.3) is 11.7 Å². The molecule has 37 heavy (non-hydrogen) atoms. The minimum absolute atomic E-state index is 0.0761. The van der Waals surface area contributed by atoms with Crippen molar-refractivity contribution in [2.24, 2.45) is 0 Å². The van der Waals surface area contributed by atoms with Crippen LogP contribution in [0.25, 0.3) is 5.76 Å². The van der Waals surface area contributed by atoms with E-state index in [4.69, 9.17) is 9.47 Å². The maximum absolute atomic E-state index is 13.3. The molecule has 1 heterocycles. The molecule has 0 spiro atoms. The van der Waals surface area contributed by atoms with Crippen LogP contribution in [0, 0.1) is 6.92 Å². The minimum Gasteiger partial charge on any atom is -0.507 e. The zero-order valence-electron chi connectivity index (χ0n) is 21.9. The Morgan fingerprint density at radius 2 is 1.59 bits per heavy atom. The molecule has 2 aromatic rings. The largest absolute Gasteiger partial charge is 0.507 e. The van der Waals surface area contributed by atoms with Gasteiger partial charge in [-0.1, -0.05) is 51.3 Å². The molecular formula is C30H36N2O5. The molecule has 0 aromatic heterocycles. The Kier molecular flexibility index (Phi) is 9.69. The summed E-state index contributed by atoms with van der Waals surface area (Å²) in [6.45, 7) is 16.6. The van der Waals surface area contributed by atoms with Crippen LogP contribution in [-0.4, -0.2) is 66.0 Å². The molecule has 0 bridgehead atoms. The van der Waals surface area contributed by atoms with Gasteiger partial charge in [0.05, 0.1) is 11.6 Å². The van der Waals surface area contributed by atoms with Crippen LogP contribution in [0.5, 0.6) is 11.5 Å². The normalized spacial score (nSPS) is 16.8. The first-order valence-corrected chi connectivity index (χ1v) is 12.5. The molecule has 2 aromatic carbocycles. The van der Waals surface area contributed by atoms with E-state index in [0.29, 0.717) is 43.4 Å². The molecule has 1 fully saturated rings. The van der Waals surface area contributed by atoms with Crippen LogP contribution >= 0.6 is 0 Å². The van der Waals surface area contributed by atoms with Gasteiger partial charge in [0, 0.05) is 18.7 Å². The highest BCUT2D eigenvalue weighted by molar-refractivity contribution is 6.46. The van der Waals surface area contributed by atoms with E-state index in [1.807, 2.05) is 19.1 Å². The minimum atomic E-state index is -0.722. The van der Waals surface area contributed by atoms with E-state index in [0.717, 1.165) is 24.2 Å². The Morgan fingerprint density at radius 3 is 2.16 bits per heavy atom. The Bertz CT molecular complexity index is 1160. The van der Waals surface area contributed by atoms with Crippen molar-refractivity contribution in [2.45, 2.75) is 26.8 Å². The van der Waals surface area contributed by atoms with Crippen LogP contribution in [0.1, 0.15) is 36.6 Å². The van der Waals surface area contributed by atoms with Crippen molar-refractivity contribution in [3.05, 3.63) is 90.0 Å². The monoisotopic (exact) mass is 504 g/mol. The quantitative estimate of drug-likeness (QED) is 0.181. The highest BCUT2D eigenvalue weighted by atomic mass is 16.5. The second-order valence-electron chi connectivity index (χ2n) is 8.76. The molecule has 1 N–H and O–H groups in total. The molecule has 196 valence electrons. The molecule has 7 heteroatoms. The number of ketones is 1. The maximum atomic E-state index is 13.3. The number of aryl methyl sites for hydroxylation is 1. The lowest BCUT2D eigenvalue weighted by Gasteiger charge is -2.28. The number of likely N-dealkylation sites (N-methyl/N-ethyl adjacent to an activating group) is 1. The van der Waals surface area contributed by atoms with Crippen LogP contribution in [0.2, 0.25) is 0 Å². The molecule has 3 rings (SSSR count). The number of likely N-dealkylation sites (tertiary alicyclic amines) is 1. The van der Waals surface area contributed by atoms with Gasteiger partial charge < -0.3 is 24.4 Å². The fourth-order valence-electron chi connectivity index (χ4n) is 4.44. The maximum Gasteiger partial charge on any atom is 0.295 e. The van der Waals surface area contributed by atoms with Crippen LogP contribution in [-0.2, 0) is 9.59 Å². The number of ether oxygens (including phenoxy) is 2. The highest BCUT2D eigenvalue weighted by Crippen LogP contribution is 2.40. The average Bonchev–Trinajstić information content (AvgIpc) is 3.16. The third-order valence-electron chi connectivity index (χ3n) is 6.48. The van der Waals surface area contributed by atoms with Crippen molar-refractivity contribution in [1.29, 1.82) is 0 Å². The van der Waals surface area contributed by atoms with E-state index < -0.39 is 17.7 Å². The SMILES string of the molecule is C=CCOc1ccc(C2/C(=C(\O)c3ccc(OCC=C)cc3C)C(=O)C(=O)N2CCN(CC)CC)cc1. The van der Waals surface area contributed by atoms with Gasteiger partial charge >= 0.3 is 0 Å². The van der Waals surface area contributed by atoms with E-state index in [9.17, 15) is 14.7 Å². The van der Waals surface area contributed by atoms with E-state index >= 15 is 0 Å². The predicted molar refractivity (Wildman–Crippen MR) is 146 cm³/mol. The molecular weight excluding hydrogens is 468 g/mol. The molecule has 1 amide bonds. The van der Waals surface area contributed by atoms with Crippen LogP contribution in [0.4, 0.5) is 0 Å². The topological polar surface area (TPSA) is 79.3 Å². The van der Waals surface area contributed by atoms with Gasteiger partial charge in [-0.05, 0) is 61.5 Å². The van der Waals surface area contributed by atoms with Crippen molar-refractivity contribution in [1.82, 2.24) is 9.80 Å². The fraction of sp³-hybridized carbons (Fsp3) is 0.333. The smallest absolute Gasteiger partial charge is 0.295 e. The summed E-state index contributed by atoms with van der Waals surface area (Å²) < 4.78 is 11.2. The number of carbonyl (C=O) groups excluding carboxylic acids is 2. The molecule has 1 aliphatic heterocycles. The number of nitrogens with zero attached hydrogens (tertiary/aromatic N) is 2. The van der Waals surface area contributed by atoms with Crippen molar-refractivity contribution < 1.29 is 24.2 Å². The summed E-state index contributed by atoms with van der Waals surface area (Å²) in [7, 11) is 0. The van der Waals surface area contributed by atoms with Gasteiger partial charge in [0.2, 0.25) is 0 Å². The van der Waals surface area contributed by atoms with Crippen molar-refractivity contribution in [3.8, 4) is 11.5 Å². The standard InChI is InChI=1S/C30H36N2O5/c1-6-18-36-23-12-10-22(11-13-23)27-26(29(34)30(35)32(27)17-16-31(8-3)9-4)28(33)25-15-14-24(20-21(25)5)37-19-7-2/h6-7,10-15,20,27,33H,1-2,8-9,16-19H2,3-5H3/b28-26+. The average molecular weight is 505 g/mol. The first kappa shape index (κ1) is 27.7. The van der Waals surface area contributed by atoms with E-state index in [-0.39, 0.29) is 11.3 Å². The molecule has 1 atom stereocenters. The lowest BCUT2D eigenvalue weighted by atomic mass is 9.94. The molecule has 1 saturated heterocycles. The van der Waals surface area contributed by atoms with Crippen molar-refractivity contribution in [3.63, 3.8) is 0 Å².